The average Bonchev–Trinajstić information content (AvgIpc) is 3.93. The van der Waals surface area contributed by atoms with E-state index in [1.165, 1.54) is 77.5 Å². The number of aryl methyl sites for hydroxylation is 1. The van der Waals surface area contributed by atoms with E-state index in [9.17, 15) is 5.26 Å². The van der Waals surface area contributed by atoms with Crippen molar-refractivity contribution in [3.8, 4) is 17.2 Å². The van der Waals surface area contributed by atoms with Crippen LogP contribution in [0.25, 0.3) is 11.1 Å². The highest BCUT2D eigenvalue weighted by atomic mass is 15.1. The third-order valence-corrected chi connectivity index (χ3v) is 11.2. The average molecular weight is 801 g/mol. The molecule has 1 fully saturated rings. The number of nitrogens with one attached hydrogen (secondary N) is 2. The Morgan fingerprint density at radius 3 is 2.12 bits per heavy atom. The molecule has 0 amide bonds. The Labute approximate surface area is 361 Å². The number of likely N-dealkylation sites (tertiary alicyclic amines) is 1. The molecule has 6 rings (SSSR count). The van der Waals surface area contributed by atoms with Crippen LogP contribution >= 0.6 is 0 Å². The first-order valence-corrected chi connectivity index (χ1v) is 22.9. The van der Waals surface area contributed by atoms with Crippen molar-refractivity contribution in [1.82, 2.24) is 9.88 Å². The van der Waals surface area contributed by atoms with Gasteiger partial charge in [-0.1, -0.05) is 125 Å². The van der Waals surface area contributed by atoms with Crippen LogP contribution in [0, 0.1) is 31.1 Å². The lowest BCUT2D eigenvalue weighted by Crippen LogP contribution is -2.30. The molecule has 3 heterocycles. The second kappa shape index (κ2) is 25.9. The number of anilines is 2. The van der Waals surface area contributed by atoms with Crippen molar-refractivity contribution in [2.45, 2.75) is 166 Å². The van der Waals surface area contributed by atoms with Crippen LogP contribution in [0.3, 0.4) is 0 Å². The summed E-state index contributed by atoms with van der Waals surface area (Å²) in [5.41, 5.74) is 13.8. The van der Waals surface area contributed by atoms with Crippen LogP contribution in [0.15, 0.2) is 65.8 Å². The lowest BCUT2D eigenvalue weighted by molar-refractivity contribution is 0.331. The molecule has 6 heteroatoms. The van der Waals surface area contributed by atoms with Crippen LogP contribution in [-0.2, 0) is 24.9 Å². The Bertz CT molecular complexity index is 1910. The Morgan fingerprint density at radius 1 is 0.932 bits per heavy atom. The third-order valence-electron chi connectivity index (χ3n) is 11.2. The first-order chi connectivity index (χ1) is 28.4. The molecule has 322 valence electrons. The molecule has 2 N–H and O–H groups in total. The predicted octanol–water partition coefficient (Wildman–Crippen LogP) is 15.1. The van der Waals surface area contributed by atoms with Crippen molar-refractivity contribution in [3.05, 3.63) is 105 Å². The summed E-state index contributed by atoms with van der Waals surface area (Å²) < 4.78 is 0. The largest absolute Gasteiger partial charge is 0.378 e. The van der Waals surface area contributed by atoms with Gasteiger partial charge in [0.2, 0.25) is 0 Å². The minimum Gasteiger partial charge on any atom is -0.378 e. The van der Waals surface area contributed by atoms with Crippen molar-refractivity contribution in [2.75, 3.05) is 23.7 Å². The smallest absolute Gasteiger partial charge is 0.0995 e. The van der Waals surface area contributed by atoms with E-state index >= 15 is 0 Å². The second-order valence-corrected chi connectivity index (χ2v) is 16.1. The van der Waals surface area contributed by atoms with Crippen molar-refractivity contribution in [3.63, 3.8) is 0 Å². The summed E-state index contributed by atoms with van der Waals surface area (Å²) in [4.78, 5) is 11.8. The summed E-state index contributed by atoms with van der Waals surface area (Å²) >= 11 is 0. The first kappa shape index (κ1) is 50.7. The van der Waals surface area contributed by atoms with E-state index in [0.717, 1.165) is 72.3 Å². The van der Waals surface area contributed by atoms with Crippen LogP contribution in [0.1, 0.15) is 172 Å². The maximum absolute atomic E-state index is 9.83. The molecule has 59 heavy (non-hydrogen) atoms. The van der Waals surface area contributed by atoms with E-state index in [4.69, 9.17) is 4.98 Å². The molecular formula is C53H80N6. The Balaban J connectivity index is 0.000000752. The van der Waals surface area contributed by atoms with Crippen LogP contribution in [-0.4, -0.2) is 29.7 Å². The molecule has 0 spiro atoms. The fraction of sp³-hybridized carbons (Fsp3) is 0.528. The standard InChI is InChI=1S/C39H44N6.C7H16.C3H8.2C2H6/c1-7-27-18-29(22-40)33-21-36(43-35(33)19-27)32-14-10-12-30(25(32)2)31-13-11-15-34(26(31)3)44-39(4,5)38-37(41-6)20-28(23-42-38)24-45-16-8-9-17-45;1-4-6-7(3)5-2;1-3-2;2*1-2/h10-15,18-20,23,36,43-44H,6-9,16-17,21,24H2,1-5H3;7H,4-6H2,1-3H3;3H2,1-2H3;2*1-2H3. The monoisotopic (exact) mass is 801 g/mol. The molecule has 4 aromatic rings. The lowest BCUT2D eigenvalue weighted by Gasteiger charge is -2.30. The number of benzene rings is 3. The van der Waals surface area contributed by atoms with Gasteiger partial charge >= 0.3 is 0 Å². The molecule has 0 saturated carbocycles. The van der Waals surface area contributed by atoms with Gasteiger partial charge in [-0.25, -0.2) is 0 Å². The number of pyridine rings is 1. The molecule has 0 aliphatic carbocycles. The van der Waals surface area contributed by atoms with Crippen LogP contribution in [0.2, 0.25) is 0 Å². The van der Waals surface area contributed by atoms with Crippen molar-refractivity contribution >= 4 is 23.8 Å². The van der Waals surface area contributed by atoms with Crippen molar-refractivity contribution in [2.24, 2.45) is 10.9 Å². The third kappa shape index (κ3) is 13.8. The van der Waals surface area contributed by atoms with E-state index in [1.54, 1.807) is 0 Å². The molecule has 3 aromatic carbocycles. The summed E-state index contributed by atoms with van der Waals surface area (Å²) in [7, 11) is 0. The molecule has 1 saturated heterocycles. The highest BCUT2D eigenvalue weighted by molar-refractivity contribution is 5.78. The Morgan fingerprint density at radius 2 is 1.56 bits per heavy atom. The summed E-state index contributed by atoms with van der Waals surface area (Å²) in [6, 6.07) is 22.0. The quantitative estimate of drug-likeness (QED) is 0.140. The SMILES string of the molecule is C=Nc1cc(CN2CCCC2)cnc1C(C)(C)Nc1cccc(-c2cccc(C3Cc4c(C#N)cc(CC)cc4N3)c2C)c1C.CC.CC.CCC.CCCC(C)CC. The molecule has 0 bridgehead atoms. The maximum Gasteiger partial charge on any atom is 0.0995 e. The molecule has 1 aromatic heterocycles. The summed E-state index contributed by atoms with van der Waals surface area (Å²) in [5.74, 6) is 0.949. The van der Waals surface area contributed by atoms with E-state index in [1.807, 2.05) is 40.0 Å². The summed E-state index contributed by atoms with van der Waals surface area (Å²) in [6.45, 7) is 37.0. The Kier molecular flexibility index (Phi) is 22.2. The van der Waals surface area contributed by atoms with Gasteiger partial charge in [-0.15, -0.1) is 0 Å². The van der Waals surface area contributed by atoms with Crippen molar-refractivity contribution < 1.29 is 0 Å². The minimum atomic E-state index is -0.474. The number of hydrogen-bond acceptors (Lipinski definition) is 6. The van der Waals surface area contributed by atoms with Gasteiger partial charge in [0.1, 0.15) is 0 Å². The topological polar surface area (TPSA) is 76.3 Å². The zero-order valence-electron chi connectivity index (χ0n) is 39.7. The van der Waals surface area contributed by atoms with Gasteiger partial charge in [-0.05, 0) is 141 Å². The molecule has 0 radical (unpaired) electrons. The number of aromatic nitrogens is 1. The van der Waals surface area contributed by atoms with Gasteiger partial charge in [-0.2, -0.15) is 5.26 Å². The molecule has 2 aliphatic heterocycles. The summed E-state index contributed by atoms with van der Waals surface area (Å²) in [6.07, 6.45) is 11.6. The number of fused-ring (bicyclic) bond motifs is 1. The highest BCUT2D eigenvalue weighted by Gasteiger charge is 2.29. The van der Waals surface area contributed by atoms with Crippen LogP contribution in [0.4, 0.5) is 17.1 Å². The zero-order chi connectivity index (χ0) is 44.1. The number of aliphatic imine (C=N–C) groups is 1. The molecule has 2 aliphatic rings. The van der Waals surface area contributed by atoms with E-state index in [-0.39, 0.29) is 6.04 Å². The number of nitrogens with zero attached hydrogens (tertiary/aromatic N) is 4. The Hall–Kier alpha value is -4.47. The minimum absolute atomic E-state index is 0.129. The number of hydrogen-bond donors (Lipinski definition) is 2. The molecule has 6 nitrogen and oxygen atoms in total. The molecular weight excluding hydrogens is 721 g/mol. The maximum atomic E-state index is 9.83. The van der Waals surface area contributed by atoms with Gasteiger partial charge in [0.05, 0.1) is 34.6 Å². The van der Waals surface area contributed by atoms with Gasteiger partial charge in [-0.3, -0.25) is 14.9 Å². The highest BCUT2D eigenvalue weighted by Crippen LogP contribution is 2.41. The zero-order valence-corrected chi connectivity index (χ0v) is 39.7. The summed E-state index contributed by atoms with van der Waals surface area (Å²) in [5, 5.41) is 17.4. The fourth-order valence-corrected chi connectivity index (χ4v) is 7.88. The van der Waals surface area contributed by atoms with Crippen LogP contribution in [0.5, 0.6) is 0 Å². The van der Waals surface area contributed by atoms with Gasteiger partial charge in [0, 0.05) is 30.5 Å². The molecule has 2 atom stereocenters. The van der Waals surface area contributed by atoms with E-state index < -0.39 is 5.54 Å². The van der Waals surface area contributed by atoms with E-state index in [2.05, 4.69) is 151 Å². The van der Waals surface area contributed by atoms with Gasteiger partial charge < -0.3 is 10.6 Å². The molecule has 2 unspecified atom stereocenters. The van der Waals surface area contributed by atoms with Crippen LogP contribution < -0.4 is 10.6 Å². The number of nitriles is 1. The normalized spacial score (nSPS) is 14.6. The predicted molar refractivity (Wildman–Crippen MR) is 260 cm³/mol. The first-order valence-electron chi connectivity index (χ1n) is 22.9. The lowest BCUT2D eigenvalue weighted by atomic mass is 9.89. The van der Waals surface area contributed by atoms with E-state index in [0.29, 0.717) is 0 Å². The second-order valence-electron chi connectivity index (χ2n) is 16.1. The van der Waals surface area contributed by atoms with Crippen molar-refractivity contribution in [1.29, 1.82) is 5.26 Å². The fourth-order valence-electron chi connectivity index (χ4n) is 7.88. The van der Waals surface area contributed by atoms with Gasteiger partial charge in [0.15, 0.2) is 0 Å². The van der Waals surface area contributed by atoms with Gasteiger partial charge in [0.25, 0.3) is 0 Å². The number of rotatable bonds is 12.